The normalized spacial score (nSPS) is 14.8. The molecule has 0 fully saturated rings. The number of anilines is 1. The Kier molecular flexibility index (Phi) is 6.23. The number of benzene rings is 3. The predicted molar refractivity (Wildman–Crippen MR) is 137 cm³/mol. The predicted octanol–water partition coefficient (Wildman–Crippen LogP) is 5.56. The zero-order valence-corrected chi connectivity index (χ0v) is 20.0. The number of nitrogens with zero attached hydrogens (tertiary/aromatic N) is 2. The molecule has 1 amide bonds. The average molecular weight is 442 g/mol. The molecule has 1 N–H and O–H groups in total. The van der Waals surface area contributed by atoms with Gasteiger partial charge in [0.25, 0.3) is 0 Å². The number of hydrogen-bond donors (Lipinski definition) is 1. The van der Waals surface area contributed by atoms with Gasteiger partial charge in [-0.1, -0.05) is 48.5 Å². The average Bonchev–Trinajstić information content (AvgIpc) is 2.79. The molecule has 0 bridgehead atoms. The van der Waals surface area contributed by atoms with Crippen molar-refractivity contribution in [3.05, 3.63) is 77.4 Å². The second-order valence-electron chi connectivity index (χ2n) is 8.94. The zero-order chi connectivity index (χ0) is 23.6. The van der Waals surface area contributed by atoms with Gasteiger partial charge in [-0.25, -0.2) is 5.43 Å². The molecule has 170 valence electrons. The number of methoxy groups -OCH3 is 1. The first kappa shape index (κ1) is 22.6. The number of allylic oxidation sites excluding steroid dienone is 1. The molecule has 5 heteroatoms. The Morgan fingerprint density at radius 2 is 1.91 bits per heavy atom. The largest absolute Gasteiger partial charge is 0.496 e. The van der Waals surface area contributed by atoms with Gasteiger partial charge in [0.1, 0.15) is 5.75 Å². The Morgan fingerprint density at radius 1 is 1.15 bits per heavy atom. The van der Waals surface area contributed by atoms with Crippen molar-refractivity contribution in [2.24, 2.45) is 5.10 Å². The highest BCUT2D eigenvalue weighted by molar-refractivity contribution is 5.93. The minimum absolute atomic E-state index is 0.0674. The molecule has 3 aromatic rings. The van der Waals surface area contributed by atoms with Crippen molar-refractivity contribution in [1.29, 1.82) is 0 Å². The third-order valence-corrected chi connectivity index (χ3v) is 6.27. The Hall–Kier alpha value is -3.60. The number of hydrogen-bond acceptors (Lipinski definition) is 4. The molecule has 5 nitrogen and oxygen atoms in total. The van der Waals surface area contributed by atoms with Crippen LogP contribution in [0.1, 0.15) is 44.4 Å². The third-order valence-electron chi connectivity index (χ3n) is 6.27. The summed E-state index contributed by atoms with van der Waals surface area (Å²) in [5.74, 6) is 0.569. The van der Waals surface area contributed by atoms with Crippen molar-refractivity contribution in [3.8, 4) is 5.75 Å². The van der Waals surface area contributed by atoms with E-state index in [9.17, 15) is 4.79 Å². The van der Waals surface area contributed by atoms with Gasteiger partial charge in [-0.2, -0.15) is 5.10 Å². The van der Waals surface area contributed by atoms with Gasteiger partial charge < -0.3 is 9.64 Å². The number of nitrogens with one attached hydrogen (secondary N) is 1. The third kappa shape index (κ3) is 4.49. The van der Waals surface area contributed by atoms with Gasteiger partial charge in [-0.3, -0.25) is 4.79 Å². The Bertz CT molecular complexity index is 1250. The molecule has 0 atom stereocenters. The van der Waals surface area contributed by atoms with Gasteiger partial charge in [-0.15, -0.1) is 0 Å². The minimum Gasteiger partial charge on any atom is -0.496 e. The molecule has 0 saturated heterocycles. The molecule has 0 saturated carbocycles. The zero-order valence-electron chi connectivity index (χ0n) is 20.0. The quantitative estimate of drug-likeness (QED) is 0.402. The van der Waals surface area contributed by atoms with Crippen LogP contribution in [0.3, 0.4) is 0 Å². The summed E-state index contributed by atoms with van der Waals surface area (Å²) < 4.78 is 5.66. The molecule has 1 aliphatic rings. The number of likely N-dealkylation sites (N-methyl/N-ethyl adjacent to an activating group) is 1. The lowest BCUT2D eigenvalue weighted by Gasteiger charge is -2.43. The van der Waals surface area contributed by atoms with Crippen molar-refractivity contribution < 1.29 is 9.53 Å². The number of hydrazone groups is 1. The smallest absolute Gasteiger partial charge is 0.244 e. The summed E-state index contributed by atoms with van der Waals surface area (Å²) in [7, 11) is 1.66. The molecule has 1 aliphatic heterocycles. The van der Waals surface area contributed by atoms with Gasteiger partial charge >= 0.3 is 0 Å². The van der Waals surface area contributed by atoms with Crippen molar-refractivity contribution in [1.82, 2.24) is 5.43 Å². The second kappa shape index (κ2) is 9.10. The number of amides is 1. The van der Waals surface area contributed by atoms with Crippen LogP contribution in [0.4, 0.5) is 5.69 Å². The van der Waals surface area contributed by atoms with Gasteiger partial charge in [0.2, 0.25) is 5.91 Å². The number of carbonyl (C=O) groups is 1. The summed E-state index contributed by atoms with van der Waals surface area (Å²) in [5.41, 5.74) is 7.93. The maximum Gasteiger partial charge on any atom is 0.244 e. The van der Waals surface area contributed by atoms with Gasteiger partial charge in [0.15, 0.2) is 0 Å². The van der Waals surface area contributed by atoms with E-state index in [1.807, 2.05) is 30.3 Å². The standard InChI is InChI=1S/C28H31N3O2/c1-6-31-25-16-26(33-5)22(14-24(25)19(2)17-28(31,3)4)18-29-30-27(32)15-21-12-9-11-20-10-7-8-13-23(20)21/h7-14,16-18H,6,15H2,1-5H3,(H,30,32)/b29-18-. The van der Waals surface area contributed by atoms with E-state index in [4.69, 9.17) is 4.74 Å². The molecular formula is C28H31N3O2. The summed E-state index contributed by atoms with van der Waals surface area (Å²) in [5, 5.41) is 6.44. The summed E-state index contributed by atoms with van der Waals surface area (Å²) in [6, 6.07) is 18.2. The van der Waals surface area contributed by atoms with Gasteiger partial charge in [0, 0.05) is 29.4 Å². The molecular weight excluding hydrogens is 410 g/mol. The Morgan fingerprint density at radius 3 is 2.67 bits per heavy atom. The lowest BCUT2D eigenvalue weighted by atomic mass is 9.88. The summed E-state index contributed by atoms with van der Waals surface area (Å²) in [6.45, 7) is 9.62. The molecule has 0 unspecified atom stereocenters. The first-order valence-corrected chi connectivity index (χ1v) is 11.3. The first-order chi connectivity index (χ1) is 15.8. The molecule has 3 aromatic carbocycles. The van der Waals surface area contributed by atoms with Gasteiger partial charge in [-0.05, 0) is 55.7 Å². The van der Waals surface area contributed by atoms with E-state index in [1.54, 1.807) is 13.3 Å². The highest BCUT2D eigenvalue weighted by atomic mass is 16.5. The van der Waals surface area contributed by atoms with Crippen molar-refractivity contribution in [2.45, 2.75) is 39.7 Å². The molecule has 0 spiro atoms. The molecule has 0 radical (unpaired) electrons. The number of fused-ring (bicyclic) bond motifs is 2. The van der Waals surface area contributed by atoms with Crippen LogP contribution in [0.5, 0.6) is 5.75 Å². The van der Waals surface area contributed by atoms with E-state index in [-0.39, 0.29) is 17.9 Å². The van der Waals surface area contributed by atoms with Crippen LogP contribution in [0.15, 0.2) is 65.8 Å². The van der Waals surface area contributed by atoms with Crippen LogP contribution >= 0.6 is 0 Å². The summed E-state index contributed by atoms with van der Waals surface area (Å²) >= 11 is 0. The Balaban J connectivity index is 1.55. The van der Waals surface area contributed by atoms with Crippen LogP contribution in [-0.2, 0) is 11.2 Å². The van der Waals surface area contributed by atoms with Crippen LogP contribution < -0.4 is 15.1 Å². The fourth-order valence-corrected chi connectivity index (χ4v) is 4.81. The van der Waals surface area contributed by atoms with Crippen LogP contribution in [0, 0.1) is 0 Å². The maximum absolute atomic E-state index is 12.6. The monoisotopic (exact) mass is 441 g/mol. The molecule has 1 heterocycles. The second-order valence-corrected chi connectivity index (χ2v) is 8.94. The van der Waals surface area contributed by atoms with Crippen LogP contribution in [-0.4, -0.2) is 31.3 Å². The van der Waals surface area contributed by atoms with E-state index in [1.165, 1.54) is 5.57 Å². The van der Waals surface area contributed by atoms with E-state index >= 15 is 0 Å². The van der Waals surface area contributed by atoms with Crippen molar-refractivity contribution >= 4 is 34.2 Å². The molecule has 0 aliphatic carbocycles. The number of carbonyl (C=O) groups excluding carboxylic acids is 1. The van der Waals surface area contributed by atoms with Crippen LogP contribution in [0.2, 0.25) is 0 Å². The summed E-state index contributed by atoms with van der Waals surface area (Å²) in [4.78, 5) is 14.9. The van der Waals surface area contributed by atoms with E-state index in [2.05, 4.69) is 73.5 Å². The van der Waals surface area contributed by atoms with Crippen LogP contribution in [0.25, 0.3) is 16.3 Å². The number of rotatable bonds is 6. The lowest BCUT2D eigenvalue weighted by Crippen LogP contribution is -2.44. The highest BCUT2D eigenvalue weighted by Crippen LogP contribution is 2.41. The molecule has 33 heavy (non-hydrogen) atoms. The topological polar surface area (TPSA) is 53.9 Å². The summed E-state index contributed by atoms with van der Waals surface area (Å²) in [6.07, 6.45) is 4.21. The SMILES string of the molecule is CCN1c2cc(OC)c(/C=N\NC(=O)Cc3cccc4ccccc34)cc2C(C)=CC1(C)C. The van der Waals surface area contributed by atoms with Gasteiger partial charge in [0.05, 0.1) is 25.3 Å². The Labute approximate surface area is 195 Å². The minimum atomic E-state index is -0.158. The fraction of sp³-hybridized carbons (Fsp3) is 0.286. The van der Waals surface area contributed by atoms with E-state index < -0.39 is 0 Å². The number of ether oxygens (including phenoxy) is 1. The maximum atomic E-state index is 12.6. The highest BCUT2D eigenvalue weighted by Gasteiger charge is 2.31. The first-order valence-electron chi connectivity index (χ1n) is 11.3. The van der Waals surface area contributed by atoms with Crippen molar-refractivity contribution in [2.75, 3.05) is 18.6 Å². The van der Waals surface area contributed by atoms with E-state index in [0.717, 1.165) is 45.4 Å². The fourth-order valence-electron chi connectivity index (χ4n) is 4.81. The lowest BCUT2D eigenvalue weighted by molar-refractivity contribution is -0.120. The van der Waals surface area contributed by atoms with Crippen molar-refractivity contribution in [3.63, 3.8) is 0 Å². The molecule has 0 aromatic heterocycles. The van der Waals surface area contributed by atoms with E-state index in [0.29, 0.717) is 0 Å². The molecule has 4 rings (SSSR count).